The summed E-state index contributed by atoms with van der Waals surface area (Å²) < 4.78 is 5.74. The van der Waals surface area contributed by atoms with Crippen LogP contribution in [0.4, 0.5) is 5.69 Å². The number of hydrogen-bond acceptors (Lipinski definition) is 3. The highest BCUT2D eigenvalue weighted by atomic mass is 16.3. The molecule has 1 N–H and O–H groups in total. The summed E-state index contributed by atoms with van der Waals surface area (Å²) in [6.45, 7) is 4.11. The summed E-state index contributed by atoms with van der Waals surface area (Å²) in [5.74, 6) is 1.83. The molecule has 3 rings (SSSR count). The number of carbonyl (C=O) groups is 1. The lowest BCUT2D eigenvalue weighted by atomic mass is 9.86. The molecule has 1 fully saturated rings. The first-order valence-electron chi connectivity index (χ1n) is 8.82. The zero-order valence-electron chi connectivity index (χ0n) is 14.1. The van der Waals surface area contributed by atoms with Gasteiger partial charge in [0.15, 0.2) is 11.5 Å². The molecular formula is C19H26N2O2. The van der Waals surface area contributed by atoms with Crippen molar-refractivity contribution >= 4 is 22.7 Å². The maximum Gasteiger partial charge on any atom is 0.224 e. The predicted molar refractivity (Wildman–Crippen MR) is 92.5 cm³/mol. The minimum Gasteiger partial charge on any atom is -0.440 e. The van der Waals surface area contributed by atoms with Gasteiger partial charge in [-0.1, -0.05) is 46.0 Å². The Hall–Kier alpha value is -1.84. The summed E-state index contributed by atoms with van der Waals surface area (Å²) in [5, 5.41) is 2.99. The first kappa shape index (κ1) is 16.0. The van der Waals surface area contributed by atoms with E-state index in [4.69, 9.17) is 4.42 Å². The molecule has 1 saturated carbocycles. The molecule has 0 spiro atoms. The Labute approximate surface area is 137 Å². The van der Waals surface area contributed by atoms with Crippen molar-refractivity contribution < 1.29 is 9.21 Å². The molecule has 0 radical (unpaired) electrons. The van der Waals surface area contributed by atoms with Gasteiger partial charge in [0.25, 0.3) is 0 Å². The lowest BCUT2D eigenvalue weighted by Crippen LogP contribution is -2.14. The van der Waals surface area contributed by atoms with E-state index in [1.165, 1.54) is 32.1 Å². The Morgan fingerprint density at radius 3 is 2.83 bits per heavy atom. The molecule has 124 valence electrons. The van der Waals surface area contributed by atoms with Crippen molar-refractivity contribution in [1.82, 2.24) is 4.98 Å². The van der Waals surface area contributed by atoms with Crippen LogP contribution in [0, 0.1) is 5.92 Å². The molecular weight excluding hydrogens is 288 g/mol. The highest BCUT2D eigenvalue weighted by Gasteiger charge is 2.15. The van der Waals surface area contributed by atoms with Crippen LogP contribution in [0.3, 0.4) is 0 Å². The van der Waals surface area contributed by atoms with E-state index in [2.05, 4.69) is 24.1 Å². The number of carbonyl (C=O) groups excluding carboxylic acids is 1. The SMILES string of the molecule is CC(C)c1nc2ccc(NC(=O)CCC3CCCCC3)cc2o1. The van der Waals surface area contributed by atoms with Crippen LogP contribution >= 0.6 is 0 Å². The van der Waals surface area contributed by atoms with E-state index in [0.717, 1.165) is 35.0 Å². The maximum absolute atomic E-state index is 12.1. The molecule has 1 aromatic heterocycles. The van der Waals surface area contributed by atoms with Crippen molar-refractivity contribution in [3.63, 3.8) is 0 Å². The average molecular weight is 314 g/mol. The molecule has 1 aliphatic carbocycles. The van der Waals surface area contributed by atoms with E-state index in [1.807, 2.05) is 18.2 Å². The van der Waals surface area contributed by atoms with Gasteiger partial charge < -0.3 is 9.73 Å². The number of aromatic nitrogens is 1. The van der Waals surface area contributed by atoms with Crippen molar-refractivity contribution in [3.05, 3.63) is 24.1 Å². The number of anilines is 1. The quantitative estimate of drug-likeness (QED) is 0.820. The fourth-order valence-electron chi connectivity index (χ4n) is 3.30. The van der Waals surface area contributed by atoms with Crippen molar-refractivity contribution in [3.8, 4) is 0 Å². The van der Waals surface area contributed by atoms with E-state index in [-0.39, 0.29) is 11.8 Å². The van der Waals surface area contributed by atoms with Crippen molar-refractivity contribution in [1.29, 1.82) is 0 Å². The summed E-state index contributed by atoms with van der Waals surface area (Å²) in [5.41, 5.74) is 2.37. The minimum absolute atomic E-state index is 0.0959. The first-order valence-corrected chi connectivity index (χ1v) is 8.82. The van der Waals surface area contributed by atoms with Gasteiger partial charge in [0.2, 0.25) is 5.91 Å². The summed E-state index contributed by atoms with van der Waals surface area (Å²) >= 11 is 0. The topological polar surface area (TPSA) is 55.1 Å². The molecule has 1 amide bonds. The zero-order valence-corrected chi connectivity index (χ0v) is 14.1. The number of nitrogens with one attached hydrogen (secondary N) is 1. The fraction of sp³-hybridized carbons (Fsp3) is 0.579. The van der Waals surface area contributed by atoms with E-state index in [1.54, 1.807) is 0 Å². The lowest BCUT2D eigenvalue weighted by molar-refractivity contribution is -0.116. The summed E-state index contributed by atoms with van der Waals surface area (Å²) in [6.07, 6.45) is 8.20. The van der Waals surface area contributed by atoms with Crippen LogP contribution < -0.4 is 5.32 Å². The van der Waals surface area contributed by atoms with Gasteiger partial charge in [0.1, 0.15) is 5.52 Å². The molecule has 2 aromatic rings. The number of rotatable bonds is 5. The number of oxazole rings is 1. The molecule has 0 aliphatic heterocycles. The molecule has 1 heterocycles. The van der Waals surface area contributed by atoms with Gasteiger partial charge in [-0.2, -0.15) is 0 Å². The monoisotopic (exact) mass is 314 g/mol. The third-order valence-electron chi connectivity index (χ3n) is 4.69. The molecule has 0 atom stereocenters. The third-order valence-corrected chi connectivity index (χ3v) is 4.69. The highest BCUT2D eigenvalue weighted by molar-refractivity contribution is 5.92. The first-order chi connectivity index (χ1) is 11.1. The summed E-state index contributed by atoms with van der Waals surface area (Å²) in [4.78, 5) is 16.6. The fourth-order valence-corrected chi connectivity index (χ4v) is 3.30. The molecule has 0 saturated heterocycles. The zero-order chi connectivity index (χ0) is 16.2. The second-order valence-corrected chi connectivity index (χ2v) is 6.98. The second kappa shape index (κ2) is 7.16. The van der Waals surface area contributed by atoms with Crippen LogP contribution in [0.5, 0.6) is 0 Å². The van der Waals surface area contributed by atoms with Crippen LogP contribution in [-0.4, -0.2) is 10.9 Å². The van der Waals surface area contributed by atoms with Crippen molar-refractivity contribution in [2.45, 2.75) is 64.7 Å². The van der Waals surface area contributed by atoms with Gasteiger partial charge in [0, 0.05) is 24.1 Å². The molecule has 23 heavy (non-hydrogen) atoms. The van der Waals surface area contributed by atoms with Crippen LogP contribution in [-0.2, 0) is 4.79 Å². The molecule has 0 bridgehead atoms. The van der Waals surface area contributed by atoms with Gasteiger partial charge in [-0.25, -0.2) is 4.98 Å². The van der Waals surface area contributed by atoms with Crippen LogP contribution in [0.1, 0.15) is 70.6 Å². The summed E-state index contributed by atoms with van der Waals surface area (Å²) in [6, 6.07) is 5.67. The van der Waals surface area contributed by atoms with Crippen LogP contribution in [0.15, 0.2) is 22.6 Å². The number of nitrogens with zero attached hydrogens (tertiary/aromatic N) is 1. The lowest BCUT2D eigenvalue weighted by Gasteiger charge is -2.20. The summed E-state index contributed by atoms with van der Waals surface area (Å²) in [7, 11) is 0. The van der Waals surface area contributed by atoms with Crippen molar-refractivity contribution in [2.75, 3.05) is 5.32 Å². The van der Waals surface area contributed by atoms with E-state index in [0.29, 0.717) is 6.42 Å². The normalized spacial score (nSPS) is 16.1. The predicted octanol–water partition coefficient (Wildman–Crippen LogP) is 5.25. The van der Waals surface area contributed by atoms with Crippen LogP contribution in [0.2, 0.25) is 0 Å². The standard InChI is InChI=1S/C19H26N2O2/c1-13(2)19-21-16-10-9-15(12-17(16)23-19)20-18(22)11-8-14-6-4-3-5-7-14/h9-10,12-14H,3-8,11H2,1-2H3,(H,20,22). The van der Waals surface area contributed by atoms with E-state index < -0.39 is 0 Å². The number of benzene rings is 1. The molecule has 1 aromatic carbocycles. The molecule has 4 nitrogen and oxygen atoms in total. The Balaban J connectivity index is 1.58. The second-order valence-electron chi connectivity index (χ2n) is 6.98. The van der Waals surface area contributed by atoms with Crippen molar-refractivity contribution in [2.24, 2.45) is 5.92 Å². The van der Waals surface area contributed by atoms with E-state index in [9.17, 15) is 4.79 Å². The van der Waals surface area contributed by atoms with Gasteiger partial charge in [-0.3, -0.25) is 4.79 Å². The largest absolute Gasteiger partial charge is 0.440 e. The molecule has 1 aliphatic rings. The van der Waals surface area contributed by atoms with Gasteiger partial charge >= 0.3 is 0 Å². The number of amides is 1. The van der Waals surface area contributed by atoms with Crippen LogP contribution in [0.25, 0.3) is 11.1 Å². The molecule has 0 unspecified atom stereocenters. The highest BCUT2D eigenvalue weighted by Crippen LogP contribution is 2.28. The van der Waals surface area contributed by atoms with Gasteiger partial charge in [-0.15, -0.1) is 0 Å². The Kier molecular flexibility index (Phi) is 4.99. The number of fused-ring (bicyclic) bond motifs is 1. The Morgan fingerprint density at radius 1 is 1.30 bits per heavy atom. The molecule has 4 heteroatoms. The van der Waals surface area contributed by atoms with Gasteiger partial charge in [0.05, 0.1) is 0 Å². The Bertz CT molecular complexity index is 669. The smallest absolute Gasteiger partial charge is 0.224 e. The average Bonchev–Trinajstić information content (AvgIpc) is 2.97. The van der Waals surface area contributed by atoms with E-state index >= 15 is 0 Å². The maximum atomic E-state index is 12.1. The van der Waals surface area contributed by atoms with Gasteiger partial charge in [-0.05, 0) is 24.5 Å². The number of hydrogen-bond donors (Lipinski definition) is 1. The third kappa shape index (κ3) is 4.12. The Morgan fingerprint density at radius 2 is 2.09 bits per heavy atom. The minimum atomic E-state index is 0.0959.